The number of hydrogen-bond donors (Lipinski definition) is 2. The number of benzene rings is 1. The predicted octanol–water partition coefficient (Wildman–Crippen LogP) is 3.24. The molecule has 6 nitrogen and oxygen atoms in total. The number of likely N-dealkylation sites (tertiary alicyclic amines) is 1. The van der Waals surface area contributed by atoms with Crippen LogP contribution in [0.15, 0.2) is 52.1 Å². The Morgan fingerprint density at radius 2 is 1.96 bits per heavy atom. The minimum Gasteiger partial charge on any atom is -0.468 e. The number of hydrogen-bond acceptors (Lipinski definition) is 4. The lowest BCUT2D eigenvalue weighted by Gasteiger charge is -2.33. The smallest absolute Gasteiger partial charge is 0.191 e. The first-order chi connectivity index (χ1) is 13.7. The molecule has 1 atom stereocenters. The number of anilines is 1. The van der Waals surface area contributed by atoms with Crippen LogP contribution in [0.4, 0.5) is 5.69 Å². The van der Waals surface area contributed by atoms with Crippen LogP contribution in [0.5, 0.6) is 0 Å². The third-order valence-corrected chi connectivity index (χ3v) is 5.28. The van der Waals surface area contributed by atoms with Gasteiger partial charge in [0.2, 0.25) is 0 Å². The van der Waals surface area contributed by atoms with Crippen LogP contribution in [-0.2, 0) is 6.54 Å². The molecule has 0 bridgehead atoms. The summed E-state index contributed by atoms with van der Waals surface area (Å²) < 4.78 is 5.73. The minimum atomic E-state index is 0.228. The van der Waals surface area contributed by atoms with E-state index in [0.717, 1.165) is 37.9 Å². The summed E-state index contributed by atoms with van der Waals surface area (Å²) in [6.45, 7) is 3.74. The lowest BCUT2D eigenvalue weighted by Crippen LogP contribution is -2.44. The molecule has 2 N–H and O–H groups in total. The third kappa shape index (κ3) is 5.52. The van der Waals surface area contributed by atoms with E-state index in [9.17, 15) is 0 Å². The van der Waals surface area contributed by atoms with Crippen molar-refractivity contribution in [2.45, 2.75) is 31.8 Å². The Kier molecular flexibility index (Phi) is 7.37. The molecule has 0 radical (unpaired) electrons. The lowest BCUT2D eigenvalue weighted by molar-refractivity contribution is 0.146. The van der Waals surface area contributed by atoms with Crippen LogP contribution in [0.2, 0.25) is 0 Å². The SMILES string of the molecule is CN=C(NCc1cccc(N(C)C)c1)NCC(c1ccco1)N1CCCCC1. The Hall–Kier alpha value is -2.47. The van der Waals surface area contributed by atoms with Gasteiger partial charge in [0.15, 0.2) is 5.96 Å². The van der Waals surface area contributed by atoms with Crippen molar-refractivity contribution in [3.8, 4) is 0 Å². The Morgan fingerprint density at radius 3 is 2.64 bits per heavy atom. The van der Waals surface area contributed by atoms with Gasteiger partial charge in [-0.05, 0) is 55.8 Å². The molecule has 2 aromatic rings. The van der Waals surface area contributed by atoms with Gasteiger partial charge < -0.3 is 20.0 Å². The van der Waals surface area contributed by atoms with E-state index in [4.69, 9.17) is 4.42 Å². The summed E-state index contributed by atoms with van der Waals surface area (Å²) in [5, 5.41) is 6.92. The number of aliphatic imine (C=N–C) groups is 1. The van der Waals surface area contributed by atoms with E-state index in [1.807, 2.05) is 13.1 Å². The van der Waals surface area contributed by atoms with Crippen molar-refractivity contribution >= 4 is 11.6 Å². The number of piperidine rings is 1. The van der Waals surface area contributed by atoms with Gasteiger partial charge in [0.1, 0.15) is 5.76 Å². The molecule has 1 saturated heterocycles. The fraction of sp³-hybridized carbons (Fsp3) is 0.500. The highest BCUT2D eigenvalue weighted by molar-refractivity contribution is 5.79. The van der Waals surface area contributed by atoms with E-state index in [1.165, 1.54) is 30.5 Å². The number of furan rings is 1. The molecule has 0 spiro atoms. The van der Waals surface area contributed by atoms with E-state index >= 15 is 0 Å². The second kappa shape index (κ2) is 10.2. The van der Waals surface area contributed by atoms with Crippen molar-refractivity contribution in [1.29, 1.82) is 0 Å². The van der Waals surface area contributed by atoms with Crippen molar-refractivity contribution < 1.29 is 4.42 Å². The fourth-order valence-corrected chi connectivity index (χ4v) is 3.66. The molecule has 3 rings (SSSR count). The molecule has 0 amide bonds. The van der Waals surface area contributed by atoms with Crippen LogP contribution < -0.4 is 15.5 Å². The standard InChI is InChI=1S/C22H33N5O/c1-23-22(24-16-18-9-7-10-19(15-18)26(2)3)25-17-20(21-11-8-14-28-21)27-12-5-4-6-13-27/h7-11,14-15,20H,4-6,12-13,16-17H2,1-3H3,(H2,23,24,25). The first-order valence-electron chi connectivity index (χ1n) is 10.2. The molecule has 6 heteroatoms. The van der Waals surface area contributed by atoms with E-state index in [1.54, 1.807) is 6.26 Å². The molecule has 1 aromatic heterocycles. The van der Waals surface area contributed by atoms with Gasteiger partial charge in [0, 0.05) is 39.9 Å². The molecular formula is C22H33N5O. The van der Waals surface area contributed by atoms with Gasteiger partial charge in [0.25, 0.3) is 0 Å². The predicted molar refractivity (Wildman–Crippen MR) is 116 cm³/mol. The van der Waals surface area contributed by atoms with Crippen LogP contribution in [0.25, 0.3) is 0 Å². The molecule has 2 heterocycles. The molecule has 0 saturated carbocycles. The van der Waals surface area contributed by atoms with Crippen molar-refractivity contribution in [3.63, 3.8) is 0 Å². The normalized spacial score (nSPS) is 16.6. The van der Waals surface area contributed by atoms with E-state index in [-0.39, 0.29) is 6.04 Å². The topological polar surface area (TPSA) is 56.0 Å². The van der Waals surface area contributed by atoms with Gasteiger partial charge in [-0.2, -0.15) is 0 Å². The van der Waals surface area contributed by atoms with Crippen molar-refractivity contribution in [2.24, 2.45) is 4.99 Å². The van der Waals surface area contributed by atoms with Crippen LogP contribution in [0.1, 0.15) is 36.6 Å². The second-order valence-corrected chi connectivity index (χ2v) is 7.50. The molecule has 1 aromatic carbocycles. The Bertz CT molecular complexity index is 735. The summed E-state index contributed by atoms with van der Waals surface area (Å²) >= 11 is 0. The quantitative estimate of drug-likeness (QED) is 0.568. The van der Waals surface area contributed by atoms with Crippen molar-refractivity contribution in [3.05, 3.63) is 54.0 Å². The Morgan fingerprint density at radius 1 is 1.14 bits per heavy atom. The van der Waals surface area contributed by atoms with Gasteiger partial charge in [-0.15, -0.1) is 0 Å². The number of nitrogens with one attached hydrogen (secondary N) is 2. The van der Waals surface area contributed by atoms with E-state index in [0.29, 0.717) is 0 Å². The molecular weight excluding hydrogens is 350 g/mol. The van der Waals surface area contributed by atoms with Crippen LogP contribution in [0.3, 0.4) is 0 Å². The zero-order valence-electron chi connectivity index (χ0n) is 17.3. The second-order valence-electron chi connectivity index (χ2n) is 7.50. The minimum absolute atomic E-state index is 0.228. The van der Waals surface area contributed by atoms with Gasteiger partial charge >= 0.3 is 0 Å². The largest absolute Gasteiger partial charge is 0.468 e. The van der Waals surface area contributed by atoms with Gasteiger partial charge in [-0.25, -0.2) is 0 Å². The maximum atomic E-state index is 5.73. The maximum Gasteiger partial charge on any atom is 0.191 e. The monoisotopic (exact) mass is 383 g/mol. The molecule has 1 fully saturated rings. The van der Waals surface area contributed by atoms with Crippen LogP contribution >= 0.6 is 0 Å². The first-order valence-corrected chi connectivity index (χ1v) is 10.2. The third-order valence-electron chi connectivity index (χ3n) is 5.28. The highest BCUT2D eigenvalue weighted by Gasteiger charge is 2.24. The summed E-state index contributed by atoms with van der Waals surface area (Å²) in [4.78, 5) is 9.03. The summed E-state index contributed by atoms with van der Waals surface area (Å²) in [6, 6.07) is 12.8. The zero-order valence-corrected chi connectivity index (χ0v) is 17.3. The molecule has 1 aliphatic rings. The molecule has 1 aliphatic heterocycles. The summed E-state index contributed by atoms with van der Waals surface area (Å²) in [5.74, 6) is 1.83. The van der Waals surface area contributed by atoms with E-state index in [2.05, 4.69) is 69.9 Å². The molecule has 0 aliphatic carbocycles. The van der Waals surface area contributed by atoms with Crippen LogP contribution in [0, 0.1) is 0 Å². The van der Waals surface area contributed by atoms with Crippen LogP contribution in [-0.4, -0.2) is 51.6 Å². The first kappa shape index (κ1) is 20.3. The Labute approximate surface area is 168 Å². The zero-order chi connectivity index (χ0) is 19.8. The van der Waals surface area contributed by atoms with Gasteiger partial charge in [0.05, 0.1) is 12.3 Å². The molecule has 152 valence electrons. The maximum absolute atomic E-state index is 5.73. The number of rotatable bonds is 7. The highest BCUT2D eigenvalue weighted by Crippen LogP contribution is 2.24. The average Bonchev–Trinajstić information content (AvgIpc) is 3.26. The average molecular weight is 384 g/mol. The number of nitrogens with zero attached hydrogens (tertiary/aromatic N) is 3. The lowest BCUT2D eigenvalue weighted by atomic mass is 10.1. The van der Waals surface area contributed by atoms with Gasteiger partial charge in [-0.1, -0.05) is 18.6 Å². The van der Waals surface area contributed by atoms with Crippen molar-refractivity contribution in [2.75, 3.05) is 45.7 Å². The molecule has 1 unspecified atom stereocenters. The Balaban J connectivity index is 1.58. The highest BCUT2D eigenvalue weighted by atomic mass is 16.3. The van der Waals surface area contributed by atoms with E-state index < -0.39 is 0 Å². The van der Waals surface area contributed by atoms with Gasteiger partial charge in [-0.3, -0.25) is 9.89 Å². The fourth-order valence-electron chi connectivity index (χ4n) is 3.66. The molecule has 28 heavy (non-hydrogen) atoms. The van der Waals surface area contributed by atoms with Crippen molar-refractivity contribution in [1.82, 2.24) is 15.5 Å². The summed E-state index contributed by atoms with van der Waals surface area (Å²) in [7, 11) is 5.93. The summed E-state index contributed by atoms with van der Waals surface area (Å²) in [5.41, 5.74) is 2.43. The number of guanidine groups is 1. The summed E-state index contributed by atoms with van der Waals surface area (Å²) in [6.07, 6.45) is 5.60.